The minimum absolute atomic E-state index is 0.0293. The number of amides is 1. The second kappa shape index (κ2) is 10.1. The molecule has 1 N–H and O–H groups in total. The average molecular weight is 467 g/mol. The van der Waals surface area contributed by atoms with E-state index in [0.717, 1.165) is 35.0 Å². The largest absolute Gasteiger partial charge is 0.352 e. The summed E-state index contributed by atoms with van der Waals surface area (Å²) >= 11 is 0. The van der Waals surface area contributed by atoms with Crippen molar-refractivity contribution in [1.29, 1.82) is 0 Å². The van der Waals surface area contributed by atoms with Crippen LogP contribution in [0.2, 0.25) is 0 Å². The Labute approximate surface area is 205 Å². The van der Waals surface area contributed by atoms with Gasteiger partial charge < -0.3 is 10.2 Å². The summed E-state index contributed by atoms with van der Waals surface area (Å²) in [5.41, 5.74) is 4.80. The van der Waals surface area contributed by atoms with E-state index in [0.29, 0.717) is 32.0 Å². The molecule has 35 heavy (non-hydrogen) atoms. The molecule has 0 bridgehead atoms. The molecule has 178 valence electrons. The van der Waals surface area contributed by atoms with E-state index in [1.54, 1.807) is 4.57 Å². The highest BCUT2D eigenvalue weighted by molar-refractivity contribution is 5.80. The Hall–Kier alpha value is -3.93. The Morgan fingerprint density at radius 3 is 2.60 bits per heavy atom. The number of carbonyl (C=O) groups excluding carboxylic acids is 1. The molecule has 5 rings (SSSR count). The van der Waals surface area contributed by atoms with E-state index in [2.05, 4.69) is 11.4 Å². The van der Waals surface area contributed by atoms with Crippen molar-refractivity contribution in [3.8, 4) is 0 Å². The van der Waals surface area contributed by atoms with Gasteiger partial charge in [0.1, 0.15) is 0 Å². The lowest BCUT2D eigenvalue weighted by molar-refractivity contribution is -0.125. The minimum atomic E-state index is -0.177. The smallest absolute Gasteiger partial charge is 0.294 e. The zero-order valence-electron chi connectivity index (χ0n) is 20.0. The molecule has 1 aliphatic heterocycles. The number of aryl methyl sites for hydroxylation is 1. The first-order chi connectivity index (χ1) is 17.1. The van der Waals surface area contributed by atoms with E-state index in [1.807, 2.05) is 84.6 Å². The summed E-state index contributed by atoms with van der Waals surface area (Å²) in [5, 5.41) is 3.09. The number of nitrogens with one attached hydrogen (secondary N) is 1. The van der Waals surface area contributed by atoms with Crippen molar-refractivity contribution in [1.82, 2.24) is 14.9 Å². The molecular weight excluding hydrogens is 436 g/mol. The number of hydrogen-bond donors (Lipinski definition) is 1. The Balaban J connectivity index is 1.39. The average Bonchev–Trinajstić information content (AvgIpc) is 2.89. The molecule has 0 spiro atoms. The van der Waals surface area contributed by atoms with E-state index < -0.39 is 0 Å². The van der Waals surface area contributed by atoms with E-state index in [9.17, 15) is 9.59 Å². The van der Waals surface area contributed by atoms with Gasteiger partial charge >= 0.3 is 0 Å². The van der Waals surface area contributed by atoms with Gasteiger partial charge in [-0.1, -0.05) is 72.3 Å². The molecular formula is C29H30N4O2. The van der Waals surface area contributed by atoms with Gasteiger partial charge in [-0.15, -0.1) is 0 Å². The Morgan fingerprint density at radius 2 is 1.77 bits per heavy atom. The second-order valence-electron chi connectivity index (χ2n) is 9.29. The van der Waals surface area contributed by atoms with E-state index in [1.165, 1.54) is 5.56 Å². The fourth-order valence-electron chi connectivity index (χ4n) is 4.85. The van der Waals surface area contributed by atoms with Gasteiger partial charge in [0.05, 0.1) is 23.5 Å². The third-order valence-corrected chi connectivity index (χ3v) is 6.66. The SMILES string of the molecule is Cc1cccc(CNC(=O)C2CCCN(c3nc4ccccc4n(Cc4ccccc4)c3=O)C2)c1. The number of para-hydroxylation sites is 2. The second-order valence-corrected chi connectivity index (χ2v) is 9.29. The molecule has 3 aromatic carbocycles. The Bertz CT molecular complexity index is 1400. The van der Waals surface area contributed by atoms with Gasteiger partial charge in [-0.05, 0) is 43.0 Å². The van der Waals surface area contributed by atoms with Gasteiger partial charge in [0.15, 0.2) is 5.82 Å². The van der Waals surface area contributed by atoms with Crippen LogP contribution in [-0.2, 0) is 17.9 Å². The molecule has 2 heterocycles. The quantitative estimate of drug-likeness (QED) is 0.461. The van der Waals surface area contributed by atoms with Gasteiger partial charge in [0, 0.05) is 19.6 Å². The summed E-state index contributed by atoms with van der Waals surface area (Å²) in [6.45, 7) is 4.24. The van der Waals surface area contributed by atoms with Gasteiger partial charge in [-0.2, -0.15) is 0 Å². The van der Waals surface area contributed by atoms with Crippen molar-refractivity contribution in [3.05, 3.63) is 106 Å². The maximum Gasteiger partial charge on any atom is 0.294 e. The first-order valence-corrected chi connectivity index (χ1v) is 12.2. The molecule has 6 heteroatoms. The van der Waals surface area contributed by atoms with Gasteiger partial charge in [0.2, 0.25) is 5.91 Å². The van der Waals surface area contributed by atoms with Crippen molar-refractivity contribution in [2.45, 2.75) is 32.9 Å². The monoisotopic (exact) mass is 466 g/mol. The highest BCUT2D eigenvalue weighted by atomic mass is 16.2. The van der Waals surface area contributed by atoms with Crippen molar-refractivity contribution in [3.63, 3.8) is 0 Å². The minimum Gasteiger partial charge on any atom is -0.352 e. The van der Waals surface area contributed by atoms with E-state index in [4.69, 9.17) is 4.98 Å². The lowest BCUT2D eigenvalue weighted by Gasteiger charge is -2.33. The van der Waals surface area contributed by atoms with Crippen molar-refractivity contribution in [2.24, 2.45) is 5.92 Å². The standard InChI is InChI=1S/C29H30N4O2/c1-21-9-7-12-23(17-21)18-30-28(34)24-13-8-16-32(20-24)27-29(35)33(19-22-10-3-2-4-11-22)26-15-6-5-14-25(26)31-27/h2-7,9-12,14-15,17,24H,8,13,16,18-20H2,1H3,(H,30,34). The highest BCUT2D eigenvalue weighted by Crippen LogP contribution is 2.22. The van der Waals surface area contributed by atoms with Crippen LogP contribution in [0.3, 0.4) is 0 Å². The van der Waals surface area contributed by atoms with Crippen LogP contribution in [0.15, 0.2) is 83.7 Å². The molecule has 1 unspecified atom stereocenters. The molecule has 1 saturated heterocycles. The maximum atomic E-state index is 13.7. The first-order valence-electron chi connectivity index (χ1n) is 12.2. The third kappa shape index (κ3) is 5.11. The molecule has 1 fully saturated rings. The molecule has 0 saturated carbocycles. The van der Waals surface area contributed by atoms with Crippen LogP contribution in [0, 0.1) is 12.8 Å². The number of rotatable bonds is 6. The van der Waals surface area contributed by atoms with Crippen molar-refractivity contribution < 1.29 is 4.79 Å². The van der Waals surface area contributed by atoms with Crippen molar-refractivity contribution >= 4 is 22.8 Å². The summed E-state index contributed by atoms with van der Waals surface area (Å²) < 4.78 is 1.80. The van der Waals surface area contributed by atoms with Gasteiger partial charge in [-0.3, -0.25) is 14.2 Å². The molecule has 6 nitrogen and oxygen atoms in total. The fraction of sp³-hybridized carbons (Fsp3) is 0.276. The fourth-order valence-corrected chi connectivity index (χ4v) is 4.85. The number of carbonyl (C=O) groups is 1. The molecule has 1 aliphatic rings. The first kappa shape index (κ1) is 22.8. The van der Waals surface area contributed by atoms with Crippen LogP contribution in [0.4, 0.5) is 5.82 Å². The molecule has 0 aliphatic carbocycles. The van der Waals surface area contributed by atoms with Crippen molar-refractivity contribution in [2.75, 3.05) is 18.0 Å². The van der Waals surface area contributed by atoms with Crippen LogP contribution < -0.4 is 15.8 Å². The Morgan fingerprint density at radius 1 is 1.00 bits per heavy atom. The summed E-state index contributed by atoms with van der Waals surface area (Å²) in [7, 11) is 0. The highest BCUT2D eigenvalue weighted by Gasteiger charge is 2.28. The summed E-state index contributed by atoms with van der Waals surface area (Å²) in [6.07, 6.45) is 1.65. The number of anilines is 1. The van der Waals surface area contributed by atoms with Crippen LogP contribution in [0.25, 0.3) is 11.0 Å². The number of nitrogens with zero attached hydrogens (tertiary/aromatic N) is 3. The predicted molar refractivity (Wildman–Crippen MR) is 140 cm³/mol. The molecule has 4 aromatic rings. The number of fused-ring (bicyclic) bond motifs is 1. The summed E-state index contributed by atoms with van der Waals surface area (Å²) in [5.74, 6) is 0.279. The van der Waals surface area contributed by atoms with Crippen LogP contribution in [0.1, 0.15) is 29.5 Å². The van der Waals surface area contributed by atoms with Gasteiger partial charge in [-0.25, -0.2) is 4.98 Å². The number of benzene rings is 3. The lowest BCUT2D eigenvalue weighted by atomic mass is 9.97. The molecule has 1 atom stereocenters. The molecule has 1 amide bonds. The maximum absolute atomic E-state index is 13.7. The number of hydrogen-bond acceptors (Lipinski definition) is 4. The topological polar surface area (TPSA) is 67.2 Å². The summed E-state index contributed by atoms with van der Waals surface area (Å²) in [6, 6.07) is 25.9. The predicted octanol–water partition coefficient (Wildman–Crippen LogP) is 4.29. The van der Waals surface area contributed by atoms with Crippen LogP contribution >= 0.6 is 0 Å². The van der Waals surface area contributed by atoms with Crippen LogP contribution in [-0.4, -0.2) is 28.5 Å². The van der Waals surface area contributed by atoms with E-state index in [-0.39, 0.29) is 17.4 Å². The van der Waals surface area contributed by atoms with E-state index >= 15 is 0 Å². The lowest BCUT2D eigenvalue weighted by Crippen LogP contribution is -2.45. The third-order valence-electron chi connectivity index (χ3n) is 6.66. The number of piperidine rings is 1. The molecule has 0 radical (unpaired) electrons. The van der Waals surface area contributed by atoms with Crippen LogP contribution in [0.5, 0.6) is 0 Å². The zero-order valence-corrected chi connectivity index (χ0v) is 20.0. The Kier molecular flexibility index (Phi) is 6.62. The molecule has 1 aromatic heterocycles. The summed E-state index contributed by atoms with van der Waals surface area (Å²) in [4.78, 5) is 33.4. The van der Waals surface area contributed by atoms with Gasteiger partial charge in [0.25, 0.3) is 5.56 Å². The zero-order chi connectivity index (χ0) is 24.2. The number of aromatic nitrogens is 2. The normalized spacial score (nSPS) is 15.8.